The van der Waals surface area contributed by atoms with Crippen molar-refractivity contribution in [3.8, 4) is 0 Å². The Hall–Kier alpha value is -1.74. The molecule has 0 radical (unpaired) electrons. The lowest BCUT2D eigenvalue weighted by Gasteiger charge is -2.47. The number of fused-ring (bicyclic) bond motifs is 1. The first-order valence-electron chi connectivity index (χ1n) is 7.97. The van der Waals surface area contributed by atoms with Crippen LogP contribution >= 0.6 is 11.8 Å². The first-order chi connectivity index (χ1) is 11.8. The third-order valence-electron chi connectivity index (χ3n) is 4.25. The number of thioether (sulfide) groups is 1. The highest BCUT2D eigenvalue weighted by Gasteiger charge is 2.51. The summed E-state index contributed by atoms with van der Waals surface area (Å²) in [7, 11) is 1.54. The monoisotopic (exact) mass is 373 g/mol. The molecular formula is C16H23NO7S. The van der Waals surface area contributed by atoms with Gasteiger partial charge in [0.25, 0.3) is 0 Å². The molecular weight excluding hydrogens is 350 g/mol. The predicted octanol–water partition coefficient (Wildman–Crippen LogP) is 2.10. The highest BCUT2D eigenvalue weighted by atomic mass is 32.2. The molecule has 0 aromatic heterocycles. The quantitative estimate of drug-likeness (QED) is 0.381. The molecule has 0 bridgehead atoms. The summed E-state index contributed by atoms with van der Waals surface area (Å²) in [6.45, 7) is 5.14. The third-order valence-corrected chi connectivity index (χ3v) is 5.49. The number of carbonyl (C=O) groups excluding carboxylic acids is 3. The molecule has 0 saturated carbocycles. The zero-order valence-electron chi connectivity index (χ0n) is 14.8. The number of amides is 1. The second kappa shape index (κ2) is 8.09. The van der Waals surface area contributed by atoms with E-state index >= 15 is 0 Å². The van der Waals surface area contributed by atoms with Crippen molar-refractivity contribution in [2.75, 3.05) is 26.3 Å². The van der Waals surface area contributed by atoms with Gasteiger partial charge in [0.15, 0.2) is 0 Å². The summed E-state index contributed by atoms with van der Waals surface area (Å²) < 4.78 is 19.8. The number of β-lactam (4-membered cyclic amide) rings is 1. The molecule has 2 heterocycles. The molecule has 1 amide bonds. The molecule has 8 nitrogen and oxygen atoms in total. The van der Waals surface area contributed by atoms with E-state index in [1.807, 2.05) is 6.92 Å². The smallest absolute Gasteiger partial charge is 0.427 e. The van der Waals surface area contributed by atoms with Gasteiger partial charge in [-0.15, -0.1) is 11.8 Å². The van der Waals surface area contributed by atoms with E-state index in [-0.39, 0.29) is 23.1 Å². The Labute approximate surface area is 150 Å². The van der Waals surface area contributed by atoms with Crippen molar-refractivity contribution in [3.05, 3.63) is 12.0 Å². The number of esters is 1. The highest BCUT2D eigenvalue weighted by molar-refractivity contribution is 8.00. The zero-order chi connectivity index (χ0) is 18.6. The largest absolute Gasteiger partial charge is 0.518 e. The molecule has 25 heavy (non-hydrogen) atoms. The maximum Gasteiger partial charge on any atom is 0.518 e. The molecule has 2 aliphatic rings. The Morgan fingerprint density at radius 3 is 2.72 bits per heavy atom. The Balaban J connectivity index is 1.80. The molecule has 2 aliphatic heterocycles. The van der Waals surface area contributed by atoms with Crippen molar-refractivity contribution < 1.29 is 33.3 Å². The molecule has 0 aromatic rings. The van der Waals surface area contributed by atoms with Crippen LogP contribution in [0.2, 0.25) is 0 Å². The maximum atomic E-state index is 12.1. The molecule has 1 fully saturated rings. The number of carbonyl (C=O) groups is 3. The van der Waals surface area contributed by atoms with Crippen LogP contribution in [0.25, 0.3) is 0 Å². The minimum atomic E-state index is -1.03. The van der Waals surface area contributed by atoms with Crippen molar-refractivity contribution in [2.45, 2.75) is 32.6 Å². The lowest BCUT2D eigenvalue weighted by atomic mass is 9.91. The van der Waals surface area contributed by atoms with Crippen LogP contribution in [0.1, 0.15) is 27.2 Å². The van der Waals surface area contributed by atoms with E-state index in [2.05, 4.69) is 0 Å². The standard InChI is InChI=1S/C16H23NO7S/c1-5-16(2,3)14(19)22-9-23-15(20)24-11-6-7-25-13-10(8-21-4)12(18)17(11)13/h6,10,13H,5,7-9H2,1-4H3/t10?,13-/m0/s1. The average Bonchev–Trinajstić information content (AvgIpc) is 2.58. The van der Waals surface area contributed by atoms with Gasteiger partial charge in [-0.3, -0.25) is 14.5 Å². The maximum absolute atomic E-state index is 12.1. The fourth-order valence-electron chi connectivity index (χ4n) is 2.27. The van der Waals surface area contributed by atoms with Gasteiger partial charge in [0, 0.05) is 12.9 Å². The first kappa shape index (κ1) is 19.6. The number of rotatable bonds is 7. The molecule has 2 rings (SSSR count). The molecule has 1 saturated heterocycles. The van der Waals surface area contributed by atoms with Crippen molar-refractivity contribution >= 4 is 29.8 Å². The van der Waals surface area contributed by atoms with Gasteiger partial charge in [-0.1, -0.05) is 6.92 Å². The normalized spacial score (nSPS) is 22.5. The molecule has 140 valence electrons. The van der Waals surface area contributed by atoms with E-state index in [0.717, 1.165) is 0 Å². The van der Waals surface area contributed by atoms with Crippen LogP contribution in [0.3, 0.4) is 0 Å². The summed E-state index contributed by atoms with van der Waals surface area (Å²) in [5.74, 6) is -0.107. The van der Waals surface area contributed by atoms with Gasteiger partial charge in [0.05, 0.1) is 23.3 Å². The Morgan fingerprint density at radius 2 is 2.08 bits per heavy atom. The zero-order valence-corrected chi connectivity index (χ0v) is 15.6. The molecule has 2 atom stereocenters. The van der Waals surface area contributed by atoms with Crippen molar-refractivity contribution in [3.63, 3.8) is 0 Å². The van der Waals surface area contributed by atoms with E-state index < -0.39 is 24.3 Å². The third kappa shape index (κ3) is 4.27. The SMILES string of the molecule is CCC(C)(C)C(=O)OCOC(=O)OC1=CCS[C@H]2C(COC)C(=O)N12. The van der Waals surface area contributed by atoms with Crippen LogP contribution in [0, 0.1) is 11.3 Å². The van der Waals surface area contributed by atoms with Crippen LogP contribution in [0.5, 0.6) is 0 Å². The summed E-state index contributed by atoms with van der Waals surface area (Å²) >= 11 is 1.57. The van der Waals surface area contributed by atoms with Gasteiger partial charge in [-0.05, 0) is 26.3 Å². The van der Waals surface area contributed by atoms with Gasteiger partial charge in [-0.25, -0.2) is 4.79 Å². The van der Waals surface area contributed by atoms with Crippen LogP contribution in [0.4, 0.5) is 4.79 Å². The van der Waals surface area contributed by atoms with Crippen molar-refractivity contribution in [2.24, 2.45) is 11.3 Å². The van der Waals surface area contributed by atoms with Crippen LogP contribution in [-0.2, 0) is 28.5 Å². The average molecular weight is 373 g/mol. The Kier molecular flexibility index (Phi) is 6.34. The van der Waals surface area contributed by atoms with Crippen LogP contribution in [-0.4, -0.2) is 54.6 Å². The summed E-state index contributed by atoms with van der Waals surface area (Å²) in [4.78, 5) is 37.1. The van der Waals surface area contributed by atoms with E-state index in [9.17, 15) is 14.4 Å². The first-order valence-corrected chi connectivity index (χ1v) is 9.02. The van der Waals surface area contributed by atoms with E-state index in [1.165, 1.54) is 12.0 Å². The van der Waals surface area contributed by atoms with Gasteiger partial charge in [-0.2, -0.15) is 0 Å². The Bertz CT molecular complexity index is 575. The predicted molar refractivity (Wildman–Crippen MR) is 89.1 cm³/mol. The fourth-order valence-corrected chi connectivity index (χ4v) is 3.49. The molecule has 9 heteroatoms. The second-order valence-electron chi connectivity index (χ2n) is 6.32. The molecule has 0 N–H and O–H groups in total. The second-order valence-corrected chi connectivity index (χ2v) is 7.47. The van der Waals surface area contributed by atoms with E-state index in [1.54, 1.807) is 31.7 Å². The number of ether oxygens (including phenoxy) is 4. The number of hydrogen-bond acceptors (Lipinski definition) is 8. The number of nitrogens with zero attached hydrogens (tertiary/aromatic N) is 1. The number of hydrogen-bond donors (Lipinski definition) is 0. The van der Waals surface area contributed by atoms with Gasteiger partial charge in [0.1, 0.15) is 0 Å². The van der Waals surface area contributed by atoms with Crippen molar-refractivity contribution in [1.82, 2.24) is 4.90 Å². The lowest BCUT2D eigenvalue weighted by Crippen LogP contribution is -2.61. The summed E-state index contributed by atoms with van der Waals surface area (Å²) in [5, 5.41) is -0.108. The lowest BCUT2D eigenvalue weighted by molar-refractivity contribution is -0.164. The molecule has 0 aliphatic carbocycles. The number of methoxy groups -OCH3 is 1. The van der Waals surface area contributed by atoms with Gasteiger partial charge < -0.3 is 18.9 Å². The topological polar surface area (TPSA) is 91.4 Å². The van der Waals surface area contributed by atoms with Crippen LogP contribution in [0.15, 0.2) is 12.0 Å². The summed E-state index contributed by atoms with van der Waals surface area (Å²) in [6, 6.07) is 0. The van der Waals surface area contributed by atoms with Gasteiger partial charge in [0.2, 0.25) is 18.6 Å². The van der Waals surface area contributed by atoms with Crippen LogP contribution < -0.4 is 0 Å². The van der Waals surface area contributed by atoms with Crippen molar-refractivity contribution in [1.29, 1.82) is 0 Å². The minimum absolute atomic E-state index is 0.108. The fraction of sp³-hybridized carbons (Fsp3) is 0.688. The van der Waals surface area contributed by atoms with E-state index in [4.69, 9.17) is 18.9 Å². The molecule has 0 aromatic carbocycles. The highest BCUT2D eigenvalue weighted by Crippen LogP contribution is 2.41. The van der Waals surface area contributed by atoms with Gasteiger partial charge >= 0.3 is 12.1 Å². The summed E-state index contributed by atoms with van der Waals surface area (Å²) in [5.41, 5.74) is -0.649. The summed E-state index contributed by atoms with van der Waals surface area (Å²) in [6.07, 6.45) is 1.21. The molecule has 0 spiro atoms. The Morgan fingerprint density at radius 1 is 1.36 bits per heavy atom. The van der Waals surface area contributed by atoms with E-state index in [0.29, 0.717) is 18.8 Å². The minimum Gasteiger partial charge on any atom is -0.427 e. The molecule has 1 unspecified atom stereocenters.